The second kappa shape index (κ2) is 10.5. The molecule has 9 heteroatoms. The summed E-state index contributed by atoms with van der Waals surface area (Å²) >= 11 is 0. The first-order chi connectivity index (χ1) is 18.3. The lowest BCUT2D eigenvalue weighted by molar-refractivity contribution is -0.138. The summed E-state index contributed by atoms with van der Waals surface area (Å²) in [5.74, 6) is 1.17. The summed E-state index contributed by atoms with van der Waals surface area (Å²) in [7, 11) is 1.63. The van der Waals surface area contributed by atoms with Crippen LogP contribution in [-0.4, -0.2) is 47.3 Å². The van der Waals surface area contributed by atoms with Crippen LogP contribution >= 0.6 is 0 Å². The van der Waals surface area contributed by atoms with Crippen LogP contribution in [0, 0.1) is 5.92 Å². The van der Waals surface area contributed by atoms with Crippen molar-refractivity contribution in [1.29, 1.82) is 0 Å². The maximum absolute atomic E-state index is 13.9. The molecule has 2 unspecified atom stereocenters. The smallest absolute Gasteiger partial charge is 0.322 e. The number of benzene rings is 2. The van der Waals surface area contributed by atoms with Gasteiger partial charge in [0, 0.05) is 7.05 Å². The molecule has 0 fully saturated rings. The maximum Gasteiger partial charge on any atom is 0.322 e. The third-order valence-corrected chi connectivity index (χ3v) is 6.81. The van der Waals surface area contributed by atoms with Crippen LogP contribution in [0.1, 0.15) is 31.2 Å². The van der Waals surface area contributed by atoms with Gasteiger partial charge in [0.2, 0.25) is 5.91 Å². The van der Waals surface area contributed by atoms with Gasteiger partial charge in [0.15, 0.2) is 0 Å². The van der Waals surface area contributed by atoms with Gasteiger partial charge >= 0.3 is 6.03 Å². The normalized spacial score (nSPS) is 17.9. The number of nitrogens with zero attached hydrogens (tertiary/aromatic N) is 2. The van der Waals surface area contributed by atoms with Crippen LogP contribution in [0.15, 0.2) is 88.7 Å². The number of likely N-dealkylation sites (N-methyl/N-ethyl adjacent to an activating group) is 1. The fraction of sp³-hybridized carbons (Fsp3) is 0.276. The minimum Gasteiger partial charge on any atom is -0.467 e. The second-order valence-corrected chi connectivity index (χ2v) is 9.71. The molecule has 1 aromatic heterocycles. The molecule has 0 radical (unpaired) electrons. The topological polar surface area (TPSA) is 104 Å². The van der Waals surface area contributed by atoms with Gasteiger partial charge in [0.25, 0.3) is 5.91 Å². The predicted molar refractivity (Wildman–Crippen MR) is 140 cm³/mol. The minimum absolute atomic E-state index is 0.159. The molecule has 196 valence electrons. The van der Waals surface area contributed by atoms with Crippen LogP contribution in [0.2, 0.25) is 0 Å². The molecule has 0 saturated carbocycles. The zero-order valence-corrected chi connectivity index (χ0v) is 21.5. The van der Waals surface area contributed by atoms with Gasteiger partial charge in [-0.25, -0.2) is 4.79 Å². The summed E-state index contributed by atoms with van der Waals surface area (Å²) < 4.78 is 11.3. The summed E-state index contributed by atoms with van der Waals surface area (Å²) in [6, 6.07) is 18.5. The Bertz CT molecular complexity index is 1370. The van der Waals surface area contributed by atoms with Crippen molar-refractivity contribution < 1.29 is 23.5 Å². The number of nitrogens with one attached hydrogen (secondary N) is 2. The number of ether oxygens (including phenoxy) is 1. The van der Waals surface area contributed by atoms with E-state index < -0.39 is 12.1 Å². The number of furan rings is 1. The van der Waals surface area contributed by atoms with E-state index in [0.29, 0.717) is 34.1 Å². The van der Waals surface area contributed by atoms with Gasteiger partial charge in [-0.3, -0.25) is 14.5 Å². The fourth-order valence-corrected chi connectivity index (χ4v) is 4.94. The average Bonchev–Trinajstić information content (AvgIpc) is 3.54. The van der Waals surface area contributed by atoms with Gasteiger partial charge in [-0.05, 0) is 47.9 Å². The van der Waals surface area contributed by atoms with Gasteiger partial charge in [-0.15, -0.1) is 0 Å². The molecule has 2 aliphatic rings. The van der Waals surface area contributed by atoms with E-state index in [1.165, 1.54) is 4.90 Å². The van der Waals surface area contributed by atoms with Crippen molar-refractivity contribution in [2.75, 3.05) is 13.6 Å². The van der Waals surface area contributed by atoms with Gasteiger partial charge in [-0.2, -0.15) is 0 Å². The molecule has 9 nitrogen and oxygen atoms in total. The lowest BCUT2D eigenvalue weighted by Gasteiger charge is -2.31. The Morgan fingerprint density at radius 2 is 1.84 bits per heavy atom. The van der Waals surface area contributed by atoms with Crippen molar-refractivity contribution in [3.8, 4) is 11.5 Å². The number of para-hydroxylation sites is 1. The second-order valence-electron chi connectivity index (χ2n) is 9.71. The Morgan fingerprint density at radius 3 is 2.55 bits per heavy atom. The first-order valence-electron chi connectivity index (χ1n) is 12.5. The SMILES string of the molecule is CC(C)C(C(=O)NCc1ccco1)N1CC2=C(C1=O)C(c1cccc(Oc3ccccc3)c1)NC(=O)N2C. The van der Waals surface area contributed by atoms with E-state index in [4.69, 9.17) is 9.15 Å². The molecule has 0 saturated heterocycles. The standard InChI is InChI=1S/C29H30N4O5/c1-18(2)26(27(34)30-16-22-13-8-14-37-22)33-17-23-24(28(33)35)25(31-29(36)32(23)3)19-9-7-12-21(15-19)38-20-10-5-4-6-11-20/h4-15,18,25-26H,16-17H2,1-3H3,(H,30,34)(H,31,36). The molecule has 2 aromatic carbocycles. The minimum atomic E-state index is -0.722. The Morgan fingerprint density at radius 1 is 1.08 bits per heavy atom. The molecule has 0 spiro atoms. The summed E-state index contributed by atoms with van der Waals surface area (Å²) in [4.78, 5) is 43.1. The number of carbonyl (C=O) groups excluding carboxylic acids is 3. The van der Waals surface area contributed by atoms with Gasteiger partial charge in [0.05, 0.1) is 36.7 Å². The molecule has 2 N–H and O–H groups in total. The Kier molecular flexibility index (Phi) is 6.91. The number of amides is 4. The molecule has 5 rings (SSSR count). The van der Waals surface area contributed by atoms with Crippen molar-refractivity contribution in [2.45, 2.75) is 32.5 Å². The molecule has 3 aromatic rings. The molecule has 0 aliphatic carbocycles. The number of hydrogen-bond donors (Lipinski definition) is 2. The van der Waals surface area contributed by atoms with Gasteiger partial charge in [-0.1, -0.05) is 44.2 Å². The summed E-state index contributed by atoms with van der Waals surface area (Å²) in [6.07, 6.45) is 1.54. The third-order valence-electron chi connectivity index (χ3n) is 6.81. The molecule has 2 aliphatic heterocycles. The number of hydrogen-bond acceptors (Lipinski definition) is 5. The first-order valence-corrected chi connectivity index (χ1v) is 12.5. The van der Waals surface area contributed by atoms with Crippen LogP contribution in [0.3, 0.4) is 0 Å². The van der Waals surface area contributed by atoms with Crippen LogP contribution in [-0.2, 0) is 16.1 Å². The van der Waals surface area contributed by atoms with Crippen molar-refractivity contribution in [3.05, 3.63) is 95.6 Å². The molecule has 0 bridgehead atoms. The molecular weight excluding hydrogens is 484 g/mol. The van der Waals surface area contributed by atoms with E-state index in [9.17, 15) is 14.4 Å². The summed E-state index contributed by atoms with van der Waals surface area (Å²) in [6.45, 7) is 4.18. The molecule has 4 amide bonds. The van der Waals surface area contributed by atoms with Crippen molar-refractivity contribution in [2.24, 2.45) is 5.92 Å². The van der Waals surface area contributed by atoms with E-state index in [0.717, 1.165) is 0 Å². The van der Waals surface area contributed by atoms with E-state index in [1.54, 1.807) is 30.3 Å². The number of urea groups is 1. The predicted octanol–water partition coefficient (Wildman–Crippen LogP) is 4.21. The number of carbonyl (C=O) groups is 3. The molecular formula is C29H30N4O5. The largest absolute Gasteiger partial charge is 0.467 e. The first kappa shape index (κ1) is 25.1. The quantitative estimate of drug-likeness (QED) is 0.469. The maximum atomic E-state index is 13.9. The van der Waals surface area contributed by atoms with Crippen molar-refractivity contribution >= 4 is 17.8 Å². The summed E-state index contributed by atoms with van der Waals surface area (Å²) in [5, 5.41) is 5.83. The zero-order valence-electron chi connectivity index (χ0n) is 21.5. The Hall–Kier alpha value is -4.53. The van der Waals surface area contributed by atoms with Crippen molar-refractivity contribution in [1.82, 2.24) is 20.4 Å². The lowest BCUT2D eigenvalue weighted by Crippen LogP contribution is -2.51. The van der Waals surface area contributed by atoms with Crippen LogP contribution < -0.4 is 15.4 Å². The molecule has 2 atom stereocenters. The third kappa shape index (κ3) is 4.87. The van der Waals surface area contributed by atoms with E-state index in [2.05, 4.69) is 10.6 Å². The van der Waals surface area contributed by atoms with Crippen LogP contribution in [0.5, 0.6) is 11.5 Å². The Balaban J connectivity index is 1.41. The van der Waals surface area contributed by atoms with Gasteiger partial charge < -0.3 is 24.7 Å². The highest BCUT2D eigenvalue weighted by Gasteiger charge is 2.47. The van der Waals surface area contributed by atoms with Crippen molar-refractivity contribution in [3.63, 3.8) is 0 Å². The lowest BCUT2D eigenvalue weighted by atomic mass is 9.95. The fourth-order valence-electron chi connectivity index (χ4n) is 4.94. The molecule has 3 heterocycles. The highest BCUT2D eigenvalue weighted by molar-refractivity contribution is 6.03. The zero-order chi connectivity index (χ0) is 26.8. The highest BCUT2D eigenvalue weighted by atomic mass is 16.5. The monoisotopic (exact) mass is 514 g/mol. The number of rotatable bonds is 8. The van der Waals surface area contributed by atoms with Gasteiger partial charge in [0.1, 0.15) is 23.3 Å². The highest BCUT2D eigenvalue weighted by Crippen LogP contribution is 2.38. The van der Waals surface area contributed by atoms with Crippen LogP contribution in [0.4, 0.5) is 4.79 Å². The Labute approximate surface area is 221 Å². The average molecular weight is 515 g/mol. The van der Waals surface area contributed by atoms with Crippen LogP contribution in [0.25, 0.3) is 0 Å². The molecule has 38 heavy (non-hydrogen) atoms. The van der Waals surface area contributed by atoms with E-state index >= 15 is 0 Å². The summed E-state index contributed by atoms with van der Waals surface area (Å²) in [5.41, 5.74) is 1.75. The van der Waals surface area contributed by atoms with E-state index in [1.807, 2.05) is 68.4 Å². The van der Waals surface area contributed by atoms with E-state index in [-0.39, 0.29) is 36.9 Å².